The Bertz CT molecular complexity index is 258. The van der Waals surface area contributed by atoms with Crippen LogP contribution in [0.4, 0.5) is 0 Å². The highest BCUT2D eigenvalue weighted by Crippen LogP contribution is 2.16. The van der Waals surface area contributed by atoms with Crippen LogP contribution in [-0.2, 0) is 6.42 Å². The highest BCUT2D eigenvalue weighted by molar-refractivity contribution is 7.98. The number of rotatable bonds is 5. The molecule has 0 aromatic heterocycles. The van der Waals surface area contributed by atoms with E-state index in [1.165, 1.54) is 11.1 Å². The van der Waals surface area contributed by atoms with Crippen molar-refractivity contribution in [3.63, 3.8) is 0 Å². The summed E-state index contributed by atoms with van der Waals surface area (Å²) in [6.07, 6.45) is 3.17. The molecular weight excluding hydrogens is 192 g/mol. The second-order valence-electron chi connectivity index (χ2n) is 3.27. The highest BCUT2D eigenvalue weighted by Gasteiger charge is 2.07. The lowest BCUT2D eigenvalue weighted by Crippen LogP contribution is -2.29. The van der Waals surface area contributed by atoms with Crippen LogP contribution in [0.15, 0.2) is 24.3 Å². The lowest BCUT2D eigenvalue weighted by atomic mass is 10.1. The van der Waals surface area contributed by atoms with E-state index in [2.05, 4.69) is 42.9 Å². The molecule has 78 valence electrons. The summed E-state index contributed by atoms with van der Waals surface area (Å²) in [7, 11) is 0. The fourth-order valence-corrected chi connectivity index (χ4v) is 2.01. The largest absolute Gasteiger partial charge is 0.271 e. The van der Waals surface area contributed by atoms with Crippen molar-refractivity contribution in [3.05, 3.63) is 35.4 Å². The van der Waals surface area contributed by atoms with Crippen molar-refractivity contribution in [2.75, 3.05) is 12.0 Å². The first-order valence-corrected chi connectivity index (χ1v) is 6.25. The van der Waals surface area contributed by atoms with Crippen LogP contribution in [0, 0.1) is 0 Å². The lowest BCUT2D eigenvalue weighted by Gasteiger charge is -2.15. The first kappa shape index (κ1) is 11.6. The van der Waals surface area contributed by atoms with E-state index in [1.54, 1.807) is 11.8 Å². The van der Waals surface area contributed by atoms with E-state index in [-0.39, 0.29) is 6.04 Å². The summed E-state index contributed by atoms with van der Waals surface area (Å²) in [6, 6.07) is 8.90. The average Bonchev–Trinajstić information content (AvgIpc) is 2.26. The predicted octanol–water partition coefficient (Wildman–Crippen LogP) is 2.12. The SMILES string of the molecule is CCc1ccc(C(CSC)NN)cc1. The van der Waals surface area contributed by atoms with Gasteiger partial charge in [-0.25, -0.2) is 0 Å². The van der Waals surface area contributed by atoms with Gasteiger partial charge in [0.2, 0.25) is 0 Å². The molecule has 0 saturated heterocycles. The van der Waals surface area contributed by atoms with Gasteiger partial charge in [-0.1, -0.05) is 31.2 Å². The minimum Gasteiger partial charge on any atom is -0.271 e. The van der Waals surface area contributed by atoms with Crippen LogP contribution < -0.4 is 11.3 Å². The molecule has 1 aromatic carbocycles. The Morgan fingerprint density at radius 3 is 2.43 bits per heavy atom. The predicted molar refractivity (Wildman–Crippen MR) is 64.3 cm³/mol. The Morgan fingerprint density at radius 2 is 2.00 bits per heavy atom. The van der Waals surface area contributed by atoms with Gasteiger partial charge in [-0.15, -0.1) is 0 Å². The molecule has 0 aliphatic rings. The minimum atomic E-state index is 0.260. The molecule has 0 spiro atoms. The molecule has 2 nitrogen and oxygen atoms in total. The summed E-state index contributed by atoms with van der Waals surface area (Å²) in [5, 5.41) is 0. The highest BCUT2D eigenvalue weighted by atomic mass is 32.2. The molecule has 0 amide bonds. The van der Waals surface area contributed by atoms with E-state index < -0.39 is 0 Å². The van der Waals surface area contributed by atoms with Gasteiger partial charge in [0.15, 0.2) is 0 Å². The van der Waals surface area contributed by atoms with Gasteiger partial charge in [-0.2, -0.15) is 11.8 Å². The van der Waals surface area contributed by atoms with Gasteiger partial charge >= 0.3 is 0 Å². The van der Waals surface area contributed by atoms with Gasteiger partial charge in [0.1, 0.15) is 0 Å². The average molecular weight is 210 g/mol. The second kappa shape index (κ2) is 6.06. The van der Waals surface area contributed by atoms with Gasteiger partial charge in [0, 0.05) is 5.75 Å². The molecule has 1 rings (SSSR count). The van der Waals surface area contributed by atoms with E-state index >= 15 is 0 Å². The fraction of sp³-hybridized carbons (Fsp3) is 0.455. The number of benzene rings is 1. The van der Waals surface area contributed by atoms with Crippen LogP contribution in [0.3, 0.4) is 0 Å². The molecule has 0 radical (unpaired) electrons. The molecule has 0 heterocycles. The van der Waals surface area contributed by atoms with Crippen LogP contribution in [-0.4, -0.2) is 12.0 Å². The van der Waals surface area contributed by atoms with Gasteiger partial charge in [-0.3, -0.25) is 11.3 Å². The number of nitrogens with one attached hydrogen (secondary N) is 1. The van der Waals surface area contributed by atoms with Crippen LogP contribution in [0.5, 0.6) is 0 Å². The molecule has 0 saturated carbocycles. The van der Waals surface area contributed by atoms with Crippen LogP contribution in [0.25, 0.3) is 0 Å². The van der Waals surface area contributed by atoms with Crippen molar-refractivity contribution < 1.29 is 0 Å². The van der Waals surface area contributed by atoms with Gasteiger partial charge in [0.05, 0.1) is 6.04 Å². The van der Waals surface area contributed by atoms with E-state index in [9.17, 15) is 0 Å². The van der Waals surface area contributed by atoms with Gasteiger partial charge < -0.3 is 0 Å². The van der Waals surface area contributed by atoms with E-state index in [0.717, 1.165) is 12.2 Å². The Labute approximate surface area is 90.2 Å². The maximum atomic E-state index is 5.50. The zero-order valence-electron chi connectivity index (χ0n) is 8.79. The van der Waals surface area contributed by atoms with Crippen molar-refractivity contribution in [1.29, 1.82) is 0 Å². The number of nitrogens with two attached hydrogens (primary N) is 1. The number of aryl methyl sites for hydroxylation is 1. The van der Waals surface area contributed by atoms with Crippen LogP contribution in [0.2, 0.25) is 0 Å². The van der Waals surface area contributed by atoms with Crippen LogP contribution >= 0.6 is 11.8 Å². The first-order valence-electron chi connectivity index (χ1n) is 4.85. The summed E-state index contributed by atoms with van der Waals surface area (Å²) in [5.74, 6) is 6.50. The van der Waals surface area contributed by atoms with Crippen molar-refractivity contribution in [2.24, 2.45) is 5.84 Å². The molecule has 0 fully saturated rings. The number of hydrazine groups is 1. The number of thioether (sulfide) groups is 1. The standard InChI is InChI=1S/C11H18N2S/c1-3-9-4-6-10(7-5-9)11(13-12)8-14-2/h4-7,11,13H,3,8,12H2,1-2H3. The molecule has 1 unspecified atom stereocenters. The zero-order valence-corrected chi connectivity index (χ0v) is 9.60. The molecule has 1 aromatic rings. The zero-order chi connectivity index (χ0) is 10.4. The van der Waals surface area contributed by atoms with Crippen molar-refractivity contribution >= 4 is 11.8 Å². The van der Waals surface area contributed by atoms with Gasteiger partial charge in [-0.05, 0) is 23.8 Å². The molecule has 0 bridgehead atoms. The lowest BCUT2D eigenvalue weighted by molar-refractivity contribution is 0.611. The maximum Gasteiger partial charge on any atom is 0.0550 e. The molecule has 3 N–H and O–H groups in total. The summed E-state index contributed by atoms with van der Waals surface area (Å²) < 4.78 is 0. The third-order valence-electron chi connectivity index (χ3n) is 2.32. The minimum absolute atomic E-state index is 0.260. The molecular formula is C11H18N2S. The maximum absolute atomic E-state index is 5.50. The normalized spacial score (nSPS) is 12.8. The smallest absolute Gasteiger partial charge is 0.0550 e. The van der Waals surface area contributed by atoms with Gasteiger partial charge in [0.25, 0.3) is 0 Å². The number of hydrogen-bond acceptors (Lipinski definition) is 3. The topological polar surface area (TPSA) is 38.0 Å². The third-order valence-corrected chi connectivity index (χ3v) is 2.99. The Kier molecular flexibility index (Phi) is 5.01. The molecule has 1 atom stereocenters. The molecule has 14 heavy (non-hydrogen) atoms. The van der Waals surface area contributed by atoms with E-state index in [4.69, 9.17) is 5.84 Å². The summed E-state index contributed by atoms with van der Waals surface area (Å²) in [4.78, 5) is 0. The molecule has 3 heteroatoms. The van der Waals surface area contributed by atoms with Crippen molar-refractivity contribution in [3.8, 4) is 0 Å². The monoisotopic (exact) mass is 210 g/mol. The van der Waals surface area contributed by atoms with Crippen molar-refractivity contribution in [2.45, 2.75) is 19.4 Å². The first-order chi connectivity index (χ1) is 6.81. The molecule has 0 aliphatic carbocycles. The Morgan fingerprint density at radius 1 is 1.36 bits per heavy atom. The summed E-state index contributed by atoms with van der Waals surface area (Å²) >= 11 is 1.80. The van der Waals surface area contributed by atoms with E-state index in [0.29, 0.717) is 0 Å². The summed E-state index contributed by atoms with van der Waals surface area (Å²) in [6.45, 7) is 2.16. The van der Waals surface area contributed by atoms with Crippen molar-refractivity contribution in [1.82, 2.24) is 5.43 Å². The second-order valence-corrected chi connectivity index (χ2v) is 4.18. The Balaban J connectivity index is 2.73. The van der Waals surface area contributed by atoms with Crippen LogP contribution in [0.1, 0.15) is 24.1 Å². The third kappa shape index (κ3) is 3.01. The van der Waals surface area contributed by atoms with E-state index in [1.807, 2.05) is 0 Å². The fourth-order valence-electron chi connectivity index (χ4n) is 1.39. The Hall–Kier alpha value is -0.510. The summed E-state index contributed by atoms with van der Waals surface area (Å²) in [5.41, 5.74) is 5.47. The quantitative estimate of drug-likeness (QED) is 0.577. The number of hydrogen-bond donors (Lipinski definition) is 2. The molecule has 0 aliphatic heterocycles.